The van der Waals surface area contributed by atoms with E-state index in [0.717, 1.165) is 35.7 Å². The van der Waals surface area contributed by atoms with E-state index in [9.17, 15) is 5.26 Å². The number of methoxy groups -OCH3 is 2. The summed E-state index contributed by atoms with van der Waals surface area (Å²) in [7, 11) is 3.25. The largest absolute Gasteiger partial charge is 0.497 e. The maximum absolute atomic E-state index is 9.36. The summed E-state index contributed by atoms with van der Waals surface area (Å²) < 4.78 is 16.1. The van der Waals surface area contributed by atoms with Crippen molar-refractivity contribution in [3.63, 3.8) is 0 Å². The van der Waals surface area contributed by atoms with Crippen molar-refractivity contribution in [2.45, 2.75) is 18.8 Å². The van der Waals surface area contributed by atoms with Gasteiger partial charge in [-0.3, -0.25) is 0 Å². The lowest BCUT2D eigenvalue weighted by molar-refractivity contribution is 0.285. The molecule has 0 aliphatic rings. The molecule has 0 radical (unpaired) electrons. The molecule has 0 aliphatic carbocycles. The van der Waals surface area contributed by atoms with Crippen molar-refractivity contribution in [2.75, 3.05) is 20.8 Å². The molecule has 0 saturated heterocycles. The van der Waals surface area contributed by atoms with Crippen LogP contribution in [0.25, 0.3) is 0 Å². The zero-order chi connectivity index (χ0) is 16.5. The van der Waals surface area contributed by atoms with Gasteiger partial charge in [-0.15, -0.1) is 0 Å². The molecule has 1 atom stereocenters. The number of para-hydroxylation sites is 2. The van der Waals surface area contributed by atoms with E-state index in [1.165, 1.54) is 0 Å². The number of hydrogen-bond donors (Lipinski definition) is 0. The Morgan fingerprint density at radius 1 is 0.957 bits per heavy atom. The van der Waals surface area contributed by atoms with Gasteiger partial charge in [0.25, 0.3) is 0 Å². The van der Waals surface area contributed by atoms with E-state index < -0.39 is 0 Å². The molecule has 1 unspecified atom stereocenters. The third-order valence-electron chi connectivity index (χ3n) is 3.64. The fraction of sp³-hybridized carbons (Fsp3) is 0.316. The number of hydrogen-bond acceptors (Lipinski definition) is 4. The first-order valence-corrected chi connectivity index (χ1v) is 7.58. The Morgan fingerprint density at radius 2 is 1.65 bits per heavy atom. The molecular weight excluding hydrogens is 290 g/mol. The first kappa shape index (κ1) is 16.7. The molecule has 4 nitrogen and oxygen atoms in total. The van der Waals surface area contributed by atoms with Crippen molar-refractivity contribution < 1.29 is 14.2 Å². The molecule has 0 N–H and O–H groups in total. The second-order valence-electron chi connectivity index (χ2n) is 5.10. The van der Waals surface area contributed by atoms with Gasteiger partial charge in [0.05, 0.1) is 32.8 Å². The van der Waals surface area contributed by atoms with Gasteiger partial charge in [-0.25, -0.2) is 0 Å². The van der Waals surface area contributed by atoms with Gasteiger partial charge < -0.3 is 14.2 Å². The maximum atomic E-state index is 9.36. The van der Waals surface area contributed by atoms with Crippen molar-refractivity contribution in [1.29, 1.82) is 5.26 Å². The molecule has 4 heteroatoms. The van der Waals surface area contributed by atoms with Gasteiger partial charge >= 0.3 is 0 Å². The Labute approximate surface area is 137 Å². The van der Waals surface area contributed by atoms with Crippen LogP contribution in [-0.4, -0.2) is 20.8 Å². The van der Waals surface area contributed by atoms with Crippen LogP contribution < -0.4 is 14.2 Å². The average Bonchev–Trinajstić information content (AvgIpc) is 2.62. The van der Waals surface area contributed by atoms with Crippen LogP contribution in [0.4, 0.5) is 0 Å². The maximum Gasteiger partial charge on any atom is 0.161 e. The standard InChI is InChI=1S/C19H21NO3/c1-21-17-11-9-15(10-12-17)16(14-20)6-5-13-23-19-8-4-3-7-18(19)22-2/h3-4,7-12,16H,5-6,13H2,1-2H3. The highest BCUT2D eigenvalue weighted by atomic mass is 16.5. The first-order chi connectivity index (χ1) is 11.3. The van der Waals surface area contributed by atoms with Gasteiger partial charge in [0.15, 0.2) is 11.5 Å². The normalized spacial score (nSPS) is 11.3. The monoisotopic (exact) mass is 311 g/mol. The van der Waals surface area contributed by atoms with Gasteiger partial charge in [-0.1, -0.05) is 24.3 Å². The minimum Gasteiger partial charge on any atom is -0.497 e. The molecule has 0 bridgehead atoms. The lowest BCUT2D eigenvalue weighted by atomic mass is 9.96. The first-order valence-electron chi connectivity index (χ1n) is 7.58. The molecule has 120 valence electrons. The van der Waals surface area contributed by atoms with Gasteiger partial charge in [-0.2, -0.15) is 5.26 Å². The highest BCUT2D eigenvalue weighted by molar-refractivity contribution is 5.39. The molecule has 0 spiro atoms. The smallest absolute Gasteiger partial charge is 0.161 e. The van der Waals surface area contributed by atoms with Crippen LogP contribution in [0.1, 0.15) is 24.3 Å². The predicted octanol–water partition coefficient (Wildman–Crippen LogP) is 4.17. The fourth-order valence-electron chi connectivity index (χ4n) is 2.35. The summed E-state index contributed by atoms with van der Waals surface area (Å²) in [4.78, 5) is 0. The molecule has 0 saturated carbocycles. The topological polar surface area (TPSA) is 51.5 Å². The second-order valence-corrected chi connectivity index (χ2v) is 5.10. The van der Waals surface area contributed by atoms with Gasteiger partial charge in [0.2, 0.25) is 0 Å². The Balaban J connectivity index is 1.85. The predicted molar refractivity (Wildman–Crippen MR) is 89.1 cm³/mol. The van der Waals surface area contributed by atoms with Crippen molar-refractivity contribution >= 4 is 0 Å². The Kier molecular flexibility index (Phi) is 6.31. The van der Waals surface area contributed by atoms with Gasteiger partial charge in [-0.05, 0) is 42.7 Å². The zero-order valence-electron chi connectivity index (χ0n) is 13.5. The number of nitriles is 1. The lowest BCUT2D eigenvalue weighted by Crippen LogP contribution is -2.03. The van der Waals surface area contributed by atoms with E-state index >= 15 is 0 Å². The molecular formula is C19H21NO3. The molecule has 0 aliphatic heterocycles. The molecule has 23 heavy (non-hydrogen) atoms. The van der Waals surface area contributed by atoms with Gasteiger partial charge in [0, 0.05) is 0 Å². The second kappa shape index (κ2) is 8.70. The van der Waals surface area contributed by atoms with E-state index in [2.05, 4.69) is 6.07 Å². The summed E-state index contributed by atoms with van der Waals surface area (Å²) in [6.07, 6.45) is 1.54. The summed E-state index contributed by atoms with van der Waals surface area (Å²) in [5.41, 5.74) is 1.01. The van der Waals surface area contributed by atoms with Crippen LogP contribution in [0.2, 0.25) is 0 Å². The molecule has 0 aromatic heterocycles. The molecule has 2 rings (SSSR count). The zero-order valence-corrected chi connectivity index (χ0v) is 13.5. The Bertz CT molecular complexity index is 646. The molecule has 0 fully saturated rings. The van der Waals surface area contributed by atoms with Crippen LogP contribution in [0.3, 0.4) is 0 Å². The molecule has 0 amide bonds. The Hall–Kier alpha value is -2.67. The lowest BCUT2D eigenvalue weighted by Gasteiger charge is -2.12. The van der Waals surface area contributed by atoms with Crippen molar-refractivity contribution in [2.24, 2.45) is 0 Å². The van der Waals surface area contributed by atoms with E-state index in [1.54, 1.807) is 14.2 Å². The number of benzene rings is 2. The summed E-state index contributed by atoms with van der Waals surface area (Å²) >= 11 is 0. The van der Waals surface area contributed by atoms with Crippen molar-refractivity contribution in [3.8, 4) is 23.3 Å². The SMILES string of the molecule is COc1ccc(C(C#N)CCCOc2ccccc2OC)cc1. The highest BCUT2D eigenvalue weighted by Gasteiger charge is 2.11. The molecule has 2 aromatic carbocycles. The number of ether oxygens (including phenoxy) is 3. The van der Waals surface area contributed by atoms with Crippen molar-refractivity contribution in [3.05, 3.63) is 54.1 Å². The van der Waals surface area contributed by atoms with Crippen LogP contribution in [-0.2, 0) is 0 Å². The van der Waals surface area contributed by atoms with Crippen LogP contribution in [0, 0.1) is 11.3 Å². The molecule has 2 aromatic rings. The summed E-state index contributed by atoms with van der Waals surface area (Å²) in [6, 6.07) is 17.6. The third kappa shape index (κ3) is 4.65. The summed E-state index contributed by atoms with van der Waals surface area (Å²) in [5, 5.41) is 9.36. The summed E-state index contributed by atoms with van der Waals surface area (Å²) in [5.74, 6) is 2.11. The van der Waals surface area contributed by atoms with Crippen LogP contribution >= 0.6 is 0 Å². The van der Waals surface area contributed by atoms with E-state index in [0.29, 0.717) is 6.61 Å². The minimum absolute atomic E-state index is 0.137. The quantitative estimate of drug-likeness (QED) is 0.687. The van der Waals surface area contributed by atoms with Crippen molar-refractivity contribution in [1.82, 2.24) is 0 Å². The van der Waals surface area contributed by atoms with Crippen LogP contribution in [0.5, 0.6) is 17.2 Å². The number of rotatable bonds is 8. The number of nitrogens with zero attached hydrogens (tertiary/aromatic N) is 1. The minimum atomic E-state index is -0.137. The molecule has 0 heterocycles. The van der Waals surface area contributed by atoms with Gasteiger partial charge in [0.1, 0.15) is 5.75 Å². The Morgan fingerprint density at radius 3 is 2.26 bits per heavy atom. The van der Waals surface area contributed by atoms with E-state index in [1.807, 2.05) is 48.5 Å². The average molecular weight is 311 g/mol. The van der Waals surface area contributed by atoms with E-state index in [-0.39, 0.29) is 5.92 Å². The highest BCUT2D eigenvalue weighted by Crippen LogP contribution is 2.27. The van der Waals surface area contributed by atoms with E-state index in [4.69, 9.17) is 14.2 Å². The third-order valence-corrected chi connectivity index (χ3v) is 3.64. The summed E-state index contributed by atoms with van der Waals surface area (Å²) in [6.45, 7) is 0.550. The fourth-order valence-corrected chi connectivity index (χ4v) is 2.35. The van der Waals surface area contributed by atoms with Crippen LogP contribution in [0.15, 0.2) is 48.5 Å².